The predicted molar refractivity (Wildman–Crippen MR) is 78.4 cm³/mol. The average Bonchev–Trinajstić information content (AvgIpc) is 2.48. The van der Waals surface area contributed by atoms with Crippen LogP contribution in [0.5, 0.6) is 0 Å². The highest BCUT2D eigenvalue weighted by Gasteiger charge is 2.17. The third-order valence-electron chi connectivity index (χ3n) is 3.70. The number of nitrogens with zero attached hydrogens (tertiary/aromatic N) is 4. The van der Waals surface area contributed by atoms with Crippen LogP contribution in [0.3, 0.4) is 0 Å². The Morgan fingerprint density at radius 1 is 1.16 bits per heavy atom. The van der Waals surface area contributed by atoms with Crippen molar-refractivity contribution < 1.29 is 0 Å². The van der Waals surface area contributed by atoms with E-state index in [0.29, 0.717) is 0 Å². The maximum absolute atomic E-state index is 5.53. The number of hydrogen-bond acceptors (Lipinski definition) is 5. The monoisotopic (exact) mass is 263 g/mol. The number of unbranched alkanes of at least 4 members (excludes halogenated alkanes) is 1. The summed E-state index contributed by atoms with van der Waals surface area (Å²) >= 11 is 0. The predicted octanol–water partition coefficient (Wildman–Crippen LogP) is 0.900. The van der Waals surface area contributed by atoms with Gasteiger partial charge in [-0.1, -0.05) is 6.92 Å². The van der Waals surface area contributed by atoms with Gasteiger partial charge in [-0.2, -0.15) is 0 Å². The molecule has 0 saturated carbocycles. The first-order valence-corrected chi connectivity index (χ1v) is 7.31. The summed E-state index contributed by atoms with van der Waals surface area (Å²) in [6.07, 6.45) is 4.99. The molecule has 106 valence electrons. The van der Waals surface area contributed by atoms with Gasteiger partial charge in [0.15, 0.2) is 0 Å². The van der Waals surface area contributed by atoms with Gasteiger partial charge < -0.3 is 10.6 Å². The fourth-order valence-electron chi connectivity index (χ4n) is 2.43. The van der Waals surface area contributed by atoms with Gasteiger partial charge >= 0.3 is 0 Å². The van der Waals surface area contributed by atoms with Crippen molar-refractivity contribution in [1.29, 1.82) is 0 Å². The van der Waals surface area contributed by atoms with Gasteiger partial charge in [0.2, 0.25) is 0 Å². The maximum Gasteiger partial charge on any atom is 0.132 e. The van der Waals surface area contributed by atoms with Gasteiger partial charge in [-0.25, -0.2) is 9.97 Å². The van der Waals surface area contributed by atoms with Crippen molar-refractivity contribution in [3.63, 3.8) is 0 Å². The normalized spacial score (nSPS) is 16.8. The topological polar surface area (TPSA) is 58.3 Å². The molecule has 5 nitrogen and oxygen atoms in total. The minimum atomic E-state index is 0.806. The molecule has 0 bridgehead atoms. The first kappa shape index (κ1) is 14.2. The third kappa shape index (κ3) is 4.14. The van der Waals surface area contributed by atoms with Gasteiger partial charge in [-0.15, -0.1) is 0 Å². The van der Waals surface area contributed by atoms with Crippen molar-refractivity contribution in [3.8, 4) is 0 Å². The summed E-state index contributed by atoms with van der Waals surface area (Å²) < 4.78 is 0. The van der Waals surface area contributed by atoms with E-state index >= 15 is 0 Å². The first-order chi connectivity index (χ1) is 9.33. The molecule has 19 heavy (non-hydrogen) atoms. The van der Waals surface area contributed by atoms with Crippen LogP contribution in [0, 0.1) is 0 Å². The number of piperazine rings is 1. The van der Waals surface area contributed by atoms with Gasteiger partial charge in [0.1, 0.15) is 12.1 Å². The Labute approximate surface area is 115 Å². The van der Waals surface area contributed by atoms with Crippen LogP contribution in [-0.2, 0) is 6.42 Å². The Morgan fingerprint density at radius 3 is 2.63 bits per heavy atom. The summed E-state index contributed by atoms with van der Waals surface area (Å²) in [6.45, 7) is 8.47. The summed E-state index contributed by atoms with van der Waals surface area (Å²) in [5.74, 6) is 1.08. The van der Waals surface area contributed by atoms with Gasteiger partial charge in [0.05, 0.1) is 0 Å². The highest BCUT2D eigenvalue weighted by atomic mass is 15.3. The van der Waals surface area contributed by atoms with Crippen LogP contribution < -0.4 is 10.6 Å². The molecule has 1 saturated heterocycles. The molecule has 1 aromatic heterocycles. The van der Waals surface area contributed by atoms with E-state index in [1.54, 1.807) is 6.33 Å². The summed E-state index contributed by atoms with van der Waals surface area (Å²) in [7, 11) is 0. The number of aryl methyl sites for hydroxylation is 1. The number of rotatable bonds is 6. The summed E-state index contributed by atoms with van der Waals surface area (Å²) in [4.78, 5) is 13.5. The van der Waals surface area contributed by atoms with E-state index in [1.807, 2.05) is 0 Å². The fourth-order valence-corrected chi connectivity index (χ4v) is 2.43. The smallest absolute Gasteiger partial charge is 0.132 e. The fraction of sp³-hybridized carbons (Fsp3) is 0.714. The second-order valence-corrected chi connectivity index (χ2v) is 5.05. The summed E-state index contributed by atoms with van der Waals surface area (Å²) in [5.41, 5.74) is 6.65. The van der Waals surface area contributed by atoms with E-state index in [9.17, 15) is 0 Å². The van der Waals surface area contributed by atoms with Gasteiger partial charge in [-0.05, 0) is 32.4 Å². The Bertz CT molecular complexity index is 374. The largest absolute Gasteiger partial charge is 0.354 e. The van der Waals surface area contributed by atoms with E-state index in [2.05, 4.69) is 32.8 Å². The van der Waals surface area contributed by atoms with Crippen LogP contribution in [0.1, 0.15) is 25.5 Å². The Kier molecular flexibility index (Phi) is 5.54. The molecule has 1 aliphatic rings. The lowest BCUT2D eigenvalue weighted by Crippen LogP contribution is -2.47. The lowest BCUT2D eigenvalue weighted by Gasteiger charge is -2.35. The van der Waals surface area contributed by atoms with Crippen LogP contribution >= 0.6 is 0 Å². The van der Waals surface area contributed by atoms with Crippen LogP contribution in [0.2, 0.25) is 0 Å². The standard InChI is InChI=1S/C14H25N5/c1-2-13-11-14(17-12-16-13)19-9-7-18(8-10-19)6-4-3-5-15/h11-12H,2-10,15H2,1H3. The van der Waals surface area contributed by atoms with Crippen molar-refractivity contribution in [1.82, 2.24) is 14.9 Å². The van der Waals surface area contributed by atoms with E-state index in [0.717, 1.165) is 57.1 Å². The SMILES string of the molecule is CCc1cc(N2CCN(CCCCN)CC2)ncn1. The lowest BCUT2D eigenvalue weighted by molar-refractivity contribution is 0.253. The van der Waals surface area contributed by atoms with Crippen LogP contribution in [0.25, 0.3) is 0 Å². The zero-order chi connectivity index (χ0) is 13.5. The molecule has 2 rings (SSSR count). The van der Waals surface area contributed by atoms with Crippen molar-refractivity contribution in [2.75, 3.05) is 44.2 Å². The third-order valence-corrected chi connectivity index (χ3v) is 3.70. The minimum Gasteiger partial charge on any atom is -0.354 e. The molecule has 0 amide bonds. The van der Waals surface area contributed by atoms with Crippen LogP contribution in [-0.4, -0.2) is 54.1 Å². The van der Waals surface area contributed by atoms with Gasteiger partial charge in [-0.3, -0.25) is 4.90 Å². The zero-order valence-corrected chi connectivity index (χ0v) is 11.9. The second kappa shape index (κ2) is 7.40. The van der Waals surface area contributed by atoms with Crippen LogP contribution in [0.15, 0.2) is 12.4 Å². The Morgan fingerprint density at radius 2 is 1.95 bits per heavy atom. The molecule has 0 atom stereocenters. The second-order valence-electron chi connectivity index (χ2n) is 5.05. The van der Waals surface area contributed by atoms with E-state index in [1.165, 1.54) is 13.0 Å². The van der Waals surface area contributed by atoms with E-state index in [4.69, 9.17) is 5.73 Å². The number of hydrogen-bond donors (Lipinski definition) is 1. The first-order valence-electron chi connectivity index (χ1n) is 7.31. The Balaban J connectivity index is 1.82. The molecule has 0 radical (unpaired) electrons. The number of nitrogens with two attached hydrogens (primary N) is 1. The molecular formula is C14H25N5. The Hall–Kier alpha value is -1.20. The molecule has 0 spiro atoms. The molecule has 2 heterocycles. The highest BCUT2D eigenvalue weighted by Crippen LogP contribution is 2.14. The molecule has 1 aromatic rings. The number of anilines is 1. The van der Waals surface area contributed by atoms with Gasteiger partial charge in [0.25, 0.3) is 0 Å². The zero-order valence-electron chi connectivity index (χ0n) is 11.9. The van der Waals surface area contributed by atoms with Crippen molar-refractivity contribution in [3.05, 3.63) is 18.1 Å². The van der Waals surface area contributed by atoms with Crippen molar-refractivity contribution in [2.45, 2.75) is 26.2 Å². The van der Waals surface area contributed by atoms with Crippen molar-refractivity contribution >= 4 is 5.82 Å². The minimum absolute atomic E-state index is 0.806. The molecule has 0 aliphatic carbocycles. The quantitative estimate of drug-likeness (QED) is 0.773. The molecule has 0 aromatic carbocycles. The molecule has 5 heteroatoms. The van der Waals surface area contributed by atoms with Crippen LogP contribution in [0.4, 0.5) is 5.82 Å². The molecule has 1 aliphatic heterocycles. The summed E-state index contributed by atoms with van der Waals surface area (Å²) in [5, 5.41) is 0. The summed E-state index contributed by atoms with van der Waals surface area (Å²) in [6, 6.07) is 2.12. The number of aromatic nitrogens is 2. The molecule has 2 N–H and O–H groups in total. The van der Waals surface area contributed by atoms with Gasteiger partial charge in [0, 0.05) is 37.9 Å². The van der Waals surface area contributed by atoms with E-state index in [-0.39, 0.29) is 0 Å². The molecular weight excluding hydrogens is 238 g/mol. The average molecular weight is 263 g/mol. The molecule has 1 fully saturated rings. The highest BCUT2D eigenvalue weighted by molar-refractivity contribution is 5.39. The van der Waals surface area contributed by atoms with E-state index < -0.39 is 0 Å². The van der Waals surface area contributed by atoms with Crippen molar-refractivity contribution in [2.24, 2.45) is 5.73 Å². The maximum atomic E-state index is 5.53. The molecule has 0 unspecified atom stereocenters. The lowest BCUT2D eigenvalue weighted by atomic mass is 10.2.